The van der Waals surface area contributed by atoms with Crippen LogP contribution in [-0.4, -0.2) is 4.89 Å². The fourth-order valence-corrected chi connectivity index (χ4v) is 1.36. The lowest BCUT2D eigenvalue weighted by atomic mass is 10.4. The van der Waals surface area contributed by atoms with Crippen LogP contribution in [0.5, 0.6) is 0 Å². The van der Waals surface area contributed by atoms with E-state index in [4.69, 9.17) is 22.0 Å². The summed E-state index contributed by atoms with van der Waals surface area (Å²) < 4.78 is 10.8. The number of hydrogen-bond donors (Lipinski definition) is 2. The average molecular weight is 192 g/mol. The Morgan fingerprint density at radius 1 is 1.36 bits per heavy atom. The lowest BCUT2D eigenvalue weighted by Gasteiger charge is -2.03. The molecule has 0 saturated heterocycles. The molecule has 0 spiro atoms. The van der Waals surface area contributed by atoms with Crippen molar-refractivity contribution in [2.45, 2.75) is 0 Å². The van der Waals surface area contributed by atoms with Gasteiger partial charge in [-0.3, -0.25) is 10.1 Å². The van der Waals surface area contributed by atoms with Gasteiger partial charge in [0.2, 0.25) is 0 Å². The fraction of sp³-hybridized carbons (Fsp3) is 0. The van der Waals surface area contributed by atoms with E-state index in [9.17, 15) is 4.57 Å². The molecule has 0 aliphatic heterocycles. The van der Waals surface area contributed by atoms with Gasteiger partial charge in [0.25, 0.3) is 7.52 Å². The van der Waals surface area contributed by atoms with Gasteiger partial charge < -0.3 is 4.89 Å². The summed E-state index contributed by atoms with van der Waals surface area (Å²) in [5.74, 6) is 0. The Labute approximate surface area is 69.3 Å². The third kappa shape index (κ3) is 2.31. The highest BCUT2D eigenvalue weighted by molar-refractivity contribution is 7.63. The molecule has 0 radical (unpaired) electrons. The molecule has 1 unspecified atom stereocenters. The standard InChI is InChI=1S/C6H7ClNO2P/c7-5-1-3-6(4-2-5)11(8,9)10/h1-4H,(H3,8,9,10). The predicted octanol–water partition coefficient (Wildman–Crippen LogP) is 1.11. The summed E-state index contributed by atoms with van der Waals surface area (Å²) in [6, 6.07) is 5.91. The van der Waals surface area contributed by atoms with Gasteiger partial charge in [0, 0.05) is 5.02 Å². The van der Waals surface area contributed by atoms with Crippen molar-refractivity contribution >= 4 is 24.4 Å². The Hall–Kier alpha value is -0.340. The van der Waals surface area contributed by atoms with Crippen molar-refractivity contribution in [3.05, 3.63) is 29.3 Å². The lowest BCUT2D eigenvalue weighted by Crippen LogP contribution is -2.09. The van der Waals surface area contributed by atoms with Gasteiger partial charge in [0.1, 0.15) is 0 Å². The molecular formula is C6H7ClNO2P. The third-order valence-electron chi connectivity index (χ3n) is 1.20. The molecule has 0 aromatic heterocycles. The molecule has 1 atom stereocenters. The van der Waals surface area contributed by atoms with Crippen molar-refractivity contribution in [2.24, 2.45) is 5.50 Å². The average Bonchev–Trinajstić information content (AvgIpc) is 1.86. The Balaban J connectivity index is 3.09. The second-order valence-electron chi connectivity index (χ2n) is 2.10. The van der Waals surface area contributed by atoms with Crippen LogP contribution in [0.25, 0.3) is 0 Å². The van der Waals surface area contributed by atoms with Crippen molar-refractivity contribution in [2.75, 3.05) is 0 Å². The zero-order valence-electron chi connectivity index (χ0n) is 5.57. The van der Waals surface area contributed by atoms with Gasteiger partial charge in [-0.25, -0.2) is 0 Å². The molecule has 0 bridgehead atoms. The zero-order valence-corrected chi connectivity index (χ0v) is 7.22. The Kier molecular flexibility index (Phi) is 2.35. The topological polar surface area (TPSA) is 63.3 Å². The molecule has 1 aromatic carbocycles. The van der Waals surface area contributed by atoms with Crippen LogP contribution in [0, 0.1) is 0 Å². The van der Waals surface area contributed by atoms with Gasteiger partial charge in [-0.05, 0) is 24.3 Å². The fourth-order valence-electron chi connectivity index (χ4n) is 0.655. The number of hydrogen-bond acceptors (Lipinski definition) is 1. The molecular weight excluding hydrogens is 184 g/mol. The maximum Gasteiger partial charge on any atom is 0.294 e. The van der Waals surface area contributed by atoms with Crippen molar-refractivity contribution in [3.8, 4) is 0 Å². The Morgan fingerprint density at radius 2 is 1.82 bits per heavy atom. The molecule has 1 aromatic rings. The largest absolute Gasteiger partial charge is 0.330 e. The van der Waals surface area contributed by atoms with Crippen LogP contribution in [0.4, 0.5) is 0 Å². The molecule has 3 N–H and O–H groups in total. The molecule has 11 heavy (non-hydrogen) atoms. The highest BCUT2D eigenvalue weighted by atomic mass is 35.5. The van der Waals surface area contributed by atoms with Gasteiger partial charge in [0.05, 0.1) is 5.30 Å². The van der Waals surface area contributed by atoms with Crippen LogP contribution >= 0.6 is 19.1 Å². The van der Waals surface area contributed by atoms with E-state index < -0.39 is 7.52 Å². The first kappa shape index (κ1) is 8.75. The van der Waals surface area contributed by atoms with Crippen LogP contribution in [0.1, 0.15) is 0 Å². The normalized spacial score (nSPS) is 15.9. The molecule has 0 aliphatic carbocycles. The van der Waals surface area contributed by atoms with E-state index in [0.717, 1.165) is 0 Å². The van der Waals surface area contributed by atoms with Crippen LogP contribution < -0.4 is 10.8 Å². The molecule has 1 rings (SSSR count). The van der Waals surface area contributed by atoms with E-state index in [-0.39, 0.29) is 5.30 Å². The van der Waals surface area contributed by atoms with Crippen molar-refractivity contribution in [1.29, 1.82) is 0 Å². The number of rotatable bonds is 1. The van der Waals surface area contributed by atoms with E-state index in [1.807, 2.05) is 0 Å². The van der Waals surface area contributed by atoms with E-state index in [0.29, 0.717) is 5.02 Å². The molecule has 0 amide bonds. The van der Waals surface area contributed by atoms with Gasteiger partial charge in [-0.15, -0.1) is 0 Å². The predicted molar refractivity (Wildman–Crippen MR) is 45.1 cm³/mol. The molecule has 0 saturated carbocycles. The van der Waals surface area contributed by atoms with Gasteiger partial charge in [0.15, 0.2) is 0 Å². The molecule has 0 heterocycles. The van der Waals surface area contributed by atoms with Gasteiger partial charge >= 0.3 is 0 Å². The maximum absolute atomic E-state index is 10.8. The molecule has 60 valence electrons. The highest BCUT2D eigenvalue weighted by Crippen LogP contribution is 2.28. The van der Waals surface area contributed by atoms with Crippen molar-refractivity contribution < 1.29 is 9.46 Å². The summed E-state index contributed by atoms with van der Waals surface area (Å²) >= 11 is 5.55. The summed E-state index contributed by atoms with van der Waals surface area (Å²) in [7, 11) is -3.60. The summed E-state index contributed by atoms with van der Waals surface area (Å²) in [5, 5.41) is 0.726. The van der Waals surface area contributed by atoms with Crippen LogP contribution in [0.2, 0.25) is 5.02 Å². The SMILES string of the molecule is NP(=O)(O)c1ccc(Cl)cc1. The maximum atomic E-state index is 10.8. The Morgan fingerprint density at radius 3 is 2.18 bits per heavy atom. The minimum Gasteiger partial charge on any atom is -0.330 e. The van der Waals surface area contributed by atoms with E-state index in [1.165, 1.54) is 24.3 Å². The van der Waals surface area contributed by atoms with Gasteiger partial charge in [-0.1, -0.05) is 11.6 Å². The Bertz CT molecular complexity index is 292. The number of halogens is 1. The molecule has 3 nitrogen and oxygen atoms in total. The minimum absolute atomic E-state index is 0.210. The molecule has 5 heteroatoms. The third-order valence-corrected chi connectivity index (χ3v) is 2.49. The second-order valence-corrected chi connectivity index (χ2v) is 4.30. The van der Waals surface area contributed by atoms with Crippen LogP contribution in [-0.2, 0) is 4.57 Å². The second kappa shape index (κ2) is 2.95. The monoisotopic (exact) mass is 191 g/mol. The summed E-state index contributed by atoms with van der Waals surface area (Å²) in [6.07, 6.45) is 0. The minimum atomic E-state index is -3.60. The first-order valence-corrected chi connectivity index (χ1v) is 4.98. The summed E-state index contributed by atoms with van der Waals surface area (Å²) in [5.41, 5.74) is 4.97. The van der Waals surface area contributed by atoms with E-state index in [1.54, 1.807) is 0 Å². The number of benzene rings is 1. The highest BCUT2D eigenvalue weighted by Gasteiger charge is 2.12. The van der Waals surface area contributed by atoms with E-state index in [2.05, 4.69) is 0 Å². The van der Waals surface area contributed by atoms with Crippen LogP contribution in [0.15, 0.2) is 24.3 Å². The molecule has 0 fully saturated rings. The van der Waals surface area contributed by atoms with Gasteiger partial charge in [-0.2, -0.15) is 0 Å². The first-order chi connectivity index (χ1) is 5.00. The molecule has 0 aliphatic rings. The summed E-state index contributed by atoms with van der Waals surface area (Å²) in [4.78, 5) is 8.87. The van der Waals surface area contributed by atoms with Crippen molar-refractivity contribution in [1.82, 2.24) is 0 Å². The first-order valence-electron chi connectivity index (χ1n) is 2.87. The van der Waals surface area contributed by atoms with Crippen molar-refractivity contribution in [3.63, 3.8) is 0 Å². The lowest BCUT2D eigenvalue weighted by molar-refractivity contribution is 0.491. The summed E-state index contributed by atoms with van der Waals surface area (Å²) in [6.45, 7) is 0. The number of nitrogens with two attached hydrogens (primary N) is 1. The smallest absolute Gasteiger partial charge is 0.294 e. The zero-order chi connectivity index (χ0) is 8.48. The quantitative estimate of drug-likeness (QED) is 0.654. The van der Waals surface area contributed by atoms with Crippen LogP contribution in [0.3, 0.4) is 0 Å². The van der Waals surface area contributed by atoms with E-state index >= 15 is 0 Å².